The van der Waals surface area contributed by atoms with Gasteiger partial charge in [-0.05, 0) is 25.0 Å². The molecule has 18 heavy (non-hydrogen) atoms. The van der Waals surface area contributed by atoms with Crippen LogP contribution in [0.4, 0.5) is 0 Å². The molecule has 1 aliphatic rings. The second-order valence-electron chi connectivity index (χ2n) is 4.87. The first-order valence-electron chi connectivity index (χ1n) is 6.49. The maximum absolute atomic E-state index is 11.9. The summed E-state index contributed by atoms with van der Waals surface area (Å²) in [6, 6.07) is 3.53. The maximum Gasteiger partial charge on any atom is 0.252 e. The molecule has 1 amide bonds. The summed E-state index contributed by atoms with van der Waals surface area (Å²) in [6.07, 6.45) is 8.91. The van der Waals surface area contributed by atoms with Crippen molar-refractivity contribution in [2.24, 2.45) is 0 Å². The lowest BCUT2D eigenvalue weighted by molar-refractivity contribution is -0.0363. The molecule has 1 saturated carbocycles. The Bertz CT molecular complexity index is 386. The third kappa shape index (κ3) is 3.07. The van der Waals surface area contributed by atoms with Crippen LogP contribution in [0.25, 0.3) is 0 Å². The lowest BCUT2D eigenvalue weighted by Crippen LogP contribution is -2.45. The monoisotopic (exact) mass is 248 g/mol. The lowest BCUT2D eigenvalue weighted by atomic mass is 9.84. The van der Waals surface area contributed by atoms with E-state index in [0.717, 1.165) is 12.8 Å². The number of nitrogens with zero attached hydrogens (tertiary/aromatic N) is 1. The molecule has 4 heteroatoms. The molecule has 0 unspecified atom stereocenters. The van der Waals surface area contributed by atoms with Gasteiger partial charge in [-0.3, -0.25) is 9.78 Å². The second-order valence-corrected chi connectivity index (χ2v) is 4.87. The fraction of sp³-hybridized carbons (Fsp3) is 0.571. The van der Waals surface area contributed by atoms with Crippen molar-refractivity contribution < 1.29 is 9.53 Å². The summed E-state index contributed by atoms with van der Waals surface area (Å²) in [5.74, 6) is -0.0786. The van der Waals surface area contributed by atoms with Crippen LogP contribution in [0.5, 0.6) is 0 Å². The van der Waals surface area contributed by atoms with E-state index in [9.17, 15) is 4.79 Å². The van der Waals surface area contributed by atoms with Crippen LogP contribution in [0, 0.1) is 0 Å². The number of aromatic nitrogens is 1. The van der Waals surface area contributed by atoms with Crippen molar-refractivity contribution in [2.45, 2.75) is 37.7 Å². The molecule has 1 N–H and O–H groups in total. The third-order valence-corrected chi connectivity index (χ3v) is 3.69. The van der Waals surface area contributed by atoms with Gasteiger partial charge in [-0.25, -0.2) is 0 Å². The predicted octanol–water partition coefficient (Wildman–Crippen LogP) is 2.16. The average Bonchev–Trinajstić information content (AvgIpc) is 2.47. The highest BCUT2D eigenvalue weighted by atomic mass is 16.5. The molecule has 0 atom stereocenters. The van der Waals surface area contributed by atoms with Crippen LogP contribution in [0.3, 0.4) is 0 Å². The first-order chi connectivity index (χ1) is 8.76. The standard InChI is InChI=1S/C14H20N2O2/c1-18-14(7-3-2-4-8-14)11-16-13(17)12-6-5-9-15-10-12/h5-6,9-10H,2-4,7-8,11H2,1H3,(H,16,17). The molecule has 0 radical (unpaired) electrons. The predicted molar refractivity (Wildman–Crippen MR) is 69.4 cm³/mol. The van der Waals surface area contributed by atoms with Gasteiger partial charge < -0.3 is 10.1 Å². The van der Waals surface area contributed by atoms with Crippen LogP contribution in [0.1, 0.15) is 42.5 Å². The molecule has 1 aromatic heterocycles. The minimum absolute atomic E-state index is 0.0786. The molecule has 1 fully saturated rings. The average molecular weight is 248 g/mol. The minimum atomic E-state index is -0.171. The van der Waals surface area contributed by atoms with Crippen molar-refractivity contribution in [3.05, 3.63) is 30.1 Å². The molecule has 2 rings (SSSR count). The minimum Gasteiger partial charge on any atom is -0.376 e. The molecule has 0 bridgehead atoms. The summed E-state index contributed by atoms with van der Waals surface area (Å²) in [7, 11) is 1.74. The van der Waals surface area contributed by atoms with E-state index in [2.05, 4.69) is 10.3 Å². The number of ether oxygens (including phenoxy) is 1. The van der Waals surface area contributed by atoms with E-state index in [-0.39, 0.29) is 11.5 Å². The fourth-order valence-electron chi connectivity index (χ4n) is 2.49. The molecule has 0 aromatic carbocycles. The molecular formula is C14H20N2O2. The lowest BCUT2D eigenvalue weighted by Gasteiger charge is -2.36. The summed E-state index contributed by atoms with van der Waals surface area (Å²) in [5.41, 5.74) is 0.426. The van der Waals surface area contributed by atoms with E-state index in [1.807, 2.05) is 0 Å². The van der Waals surface area contributed by atoms with Crippen LogP contribution in [-0.4, -0.2) is 30.1 Å². The normalized spacial score (nSPS) is 18.3. The summed E-state index contributed by atoms with van der Waals surface area (Å²) < 4.78 is 5.63. The zero-order valence-electron chi connectivity index (χ0n) is 10.8. The van der Waals surface area contributed by atoms with Crippen molar-refractivity contribution in [2.75, 3.05) is 13.7 Å². The zero-order chi connectivity index (χ0) is 12.8. The smallest absolute Gasteiger partial charge is 0.252 e. The number of hydrogen-bond acceptors (Lipinski definition) is 3. The number of carbonyl (C=O) groups is 1. The van der Waals surface area contributed by atoms with Crippen molar-refractivity contribution in [1.82, 2.24) is 10.3 Å². The molecule has 0 spiro atoms. The van der Waals surface area contributed by atoms with Crippen LogP contribution < -0.4 is 5.32 Å². The van der Waals surface area contributed by atoms with E-state index >= 15 is 0 Å². The van der Waals surface area contributed by atoms with Gasteiger partial charge >= 0.3 is 0 Å². The quantitative estimate of drug-likeness (QED) is 0.888. The van der Waals surface area contributed by atoms with Gasteiger partial charge in [0.1, 0.15) is 0 Å². The highest BCUT2D eigenvalue weighted by Gasteiger charge is 2.32. The summed E-state index contributed by atoms with van der Waals surface area (Å²) in [6.45, 7) is 0.581. The first kappa shape index (κ1) is 13.0. The van der Waals surface area contributed by atoms with Crippen LogP contribution >= 0.6 is 0 Å². The Morgan fingerprint density at radius 2 is 2.22 bits per heavy atom. The van der Waals surface area contributed by atoms with E-state index in [0.29, 0.717) is 12.1 Å². The number of methoxy groups -OCH3 is 1. The SMILES string of the molecule is COC1(CNC(=O)c2cccnc2)CCCCC1. The third-order valence-electron chi connectivity index (χ3n) is 3.69. The van der Waals surface area contributed by atoms with Gasteiger partial charge in [0.25, 0.3) is 5.91 Å². The van der Waals surface area contributed by atoms with Crippen LogP contribution in [0.2, 0.25) is 0 Å². The van der Waals surface area contributed by atoms with Gasteiger partial charge in [0.2, 0.25) is 0 Å². The van der Waals surface area contributed by atoms with E-state index < -0.39 is 0 Å². The summed E-state index contributed by atoms with van der Waals surface area (Å²) >= 11 is 0. The molecule has 0 saturated heterocycles. The molecule has 4 nitrogen and oxygen atoms in total. The van der Waals surface area contributed by atoms with Gasteiger partial charge in [0, 0.05) is 26.0 Å². The topological polar surface area (TPSA) is 51.2 Å². The molecule has 1 heterocycles. The number of hydrogen-bond donors (Lipinski definition) is 1. The van der Waals surface area contributed by atoms with Crippen molar-refractivity contribution >= 4 is 5.91 Å². The van der Waals surface area contributed by atoms with Gasteiger partial charge in [-0.2, -0.15) is 0 Å². The van der Waals surface area contributed by atoms with Crippen molar-refractivity contribution in [3.63, 3.8) is 0 Å². The molecule has 1 aliphatic carbocycles. The Morgan fingerprint density at radius 1 is 1.44 bits per heavy atom. The van der Waals surface area contributed by atoms with Crippen molar-refractivity contribution in [3.8, 4) is 0 Å². The molecule has 1 aromatic rings. The van der Waals surface area contributed by atoms with Gasteiger partial charge in [0.15, 0.2) is 0 Å². The first-order valence-corrected chi connectivity index (χ1v) is 6.49. The van der Waals surface area contributed by atoms with Gasteiger partial charge in [-0.1, -0.05) is 19.3 Å². The zero-order valence-corrected chi connectivity index (χ0v) is 10.8. The van der Waals surface area contributed by atoms with E-state index in [4.69, 9.17) is 4.74 Å². The number of amides is 1. The Balaban J connectivity index is 1.92. The van der Waals surface area contributed by atoms with E-state index in [1.165, 1.54) is 19.3 Å². The van der Waals surface area contributed by atoms with Gasteiger partial charge in [0.05, 0.1) is 11.2 Å². The maximum atomic E-state index is 11.9. The molecule has 0 aliphatic heterocycles. The number of nitrogens with one attached hydrogen (secondary N) is 1. The Kier molecular flexibility index (Phi) is 4.31. The number of pyridine rings is 1. The van der Waals surface area contributed by atoms with E-state index in [1.54, 1.807) is 31.6 Å². The Morgan fingerprint density at radius 3 is 2.83 bits per heavy atom. The molecular weight excluding hydrogens is 228 g/mol. The second kappa shape index (κ2) is 5.96. The van der Waals surface area contributed by atoms with Gasteiger partial charge in [-0.15, -0.1) is 0 Å². The highest BCUT2D eigenvalue weighted by Crippen LogP contribution is 2.30. The Labute approximate surface area is 108 Å². The number of rotatable bonds is 4. The number of carbonyl (C=O) groups excluding carboxylic acids is 1. The van der Waals surface area contributed by atoms with Crippen molar-refractivity contribution in [1.29, 1.82) is 0 Å². The fourth-order valence-corrected chi connectivity index (χ4v) is 2.49. The van der Waals surface area contributed by atoms with Crippen LogP contribution in [0.15, 0.2) is 24.5 Å². The highest BCUT2D eigenvalue weighted by molar-refractivity contribution is 5.93. The summed E-state index contributed by atoms with van der Waals surface area (Å²) in [5, 5.41) is 2.96. The largest absolute Gasteiger partial charge is 0.376 e. The Hall–Kier alpha value is -1.42. The van der Waals surface area contributed by atoms with Crippen LogP contribution in [-0.2, 0) is 4.74 Å². The molecule has 98 valence electrons. The summed E-state index contributed by atoms with van der Waals surface area (Å²) in [4.78, 5) is 15.9.